The minimum Gasteiger partial charge on any atom is -0.475 e. The number of carboxylic acids is 1. The van der Waals surface area contributed by atoms with Crippen molar-refractivity contribution < 1.29 is 37.3 Å². The number of hydrogen-bond acceptors (Lipinski definition) is 6. The molecule has 1 spiro atoms. The van der Waals surface area contributed by atoms with Crippen molar-refractivity contribution in [2.24, 2.45) is 0 Å². The summed E-state index contributed by atoms with van der Waals surface area (Å²) in [7, 11) is 0. The Kier molecular flexibility index (Phi) is 7.98. The first-order valence-electron chi connectivity index (χ1n) is 10.3. The van der Waals surface area contributed by atoms with Crippen molar-refractivity contribution in [1.82, 2.24) is 14.9 Å². The minimum absolute atomic E-state index is 0.00262. The van der Waals surface area contributed by atoms with E-state index in [1.807, 2.05) is 35.4 Å². The van der Waals surface area contributed by atoms with Gasteiger partial charge in [-0.3, -0.25) is 14.8 Å². The number of ether oxygens (including phenoxy) is 2. The molecule has 2 saturated heterocycles. The van der Waals surface area contributed by atoms with Crippen molar-refractivity contribution in [2.75, 3.05) is 19.7 Å². The third kappa shape index (κ3) is 6.96. The molecule has 4 heterocycles. The van der Waals surface area contributed by atoms with Crippen LogP contribution in [0.15, 0.2) is 48.9 Å². The maximum atomic E-state index is 12.5. The monoisotopic (exact) mass is 467 g/mol. The third-order valence-corrected chi connectivity index (χ3v) is 5.47. The highest BCUT2D eigenvalue weighted by Crippen LogP contribution is 2.37. The number of carbonyl (C=O) groups excluding carboxylic acids is 1. The summed E-state index contributed by atoms with van der Waals surface area (Å²) < 4.78 is 43.9. The molecule has 4 rings (SSSR count). The number of rotatable bonds is 4. The van der Waals surface area contributed by atoms with Gasteiger partial charge in [0.2, 0.25) is 0 Å². The molecule has 0 bridgehead atoms. The third-order valence-electron chi connectivity index (χ3n) is 5.47. The van der Waals surface area contributed by atoms with E-state index in [4.69, 9.17) is 19.4 Å². The molecule has 2 fully saturated rings. The summed E-state index contributed by atoms with van der Waals surface area (Å²) in [5.41, 5.74) is 1.43. The molecular weight excluding hydrogens is 443 g/mol. The van der Waals surface area contributed by atoms with E-state index in [1.165, 1.54) is 0 Å². The second-order valence-corrected chi connectivity index (χ2v) is 7.80. The number of pyridine rings is 2. The fourth-order valence-corrected chi connectivity index (χ4v) is 3.72. The van der Waals surface area contributed by atoms with Crippen LogP contribution in [0.2, 0.25) is 0 Å². The molecule has 1 N–H and O–H groups in total. The van der Waals surface area contributed by atoms with Crippen molar-refractivity contribution in [3.8, 4) is 0 Å². The van der Waals surface area contributed by atoms with Crippen LogP contribution in [0.4, 0.5) is 13.2 Å². The molecule has 2 aliphatic heterocycles. The zero-order chi connectivity index (χ0) is 23.9. The number of alkyl halides is 3. The van der Waals surface area contributed by atoms with Crippen molar-refractivity contribution in [3.05, 3.63) is 60.2 Å². The number of hydrogen-bond donors (Lipinski definition) is 1. The van der Waals surface area contributed by atoms with E-state index >= 15 is 0 Å². The molecule has 8 nitrogen and oxygen atoms in total. The van der Waals surface area contributed by atoms with Crippen LogP contribution in [0, 0.1) is 0 Å². The standard InChI is InChI=1S/C20H23N3O3.C2HF3O2/c24-19(18-5-1-2-9-22-18)23-10-6-20(7-11-23)12-17(15-26-20)25-14-16-4-3-8-21-13-16;3-2(4,5)1(6)7/h1-5,8-9,13,17H,6-7,10-12,14-15H2;(H,6,7). The van der Waals surface area contributed by atoms with Crippen LogP contribution in [0.5, 0.6) is 0 Å². The summed E-state index contributed by atoms with van der Waals surface area (Å²) >= 11 is 0. The lowest BCUT2D eigenvalue weighted by Crippen LogP contribution is -2.46. The van der Waals surface area contributed by atoms with Crippen LogP contribution >= 0.6 is 0 Å². The highest BCUT2D eigenvalue weighted by Gasteiger charge is 2.44. The summed E-state index contributed by atoms with van der Waals surface area (Å²) in [6.07, 6.45) is 2.84. The Balaban J connectivity index is 0.000000383. The maximum Gasteiger partial charge on any atom is 0.490 e. The second kappa shape index (κ2) is 10.7. The summed E-state index contributed by atoms with van der Waals surface area (Å²) in [4.78, 5) is 31.6. The number of nitrogens with zero attached hydrogens (tertiary/aromatic N) is 3. The highest BCUT2D eigenvalue weighted by molar-refractivity contribution is 5.92. The Hall–Kier alpha value is -3.05. The van der Waals surface area contributed by atoms with Crippen LogP contribution in [-0.2, 0) is 20.9 Å². The van der Waals surface area contributed by atoms with Gasteiger partial charge in [-0.1, -0.05) is 12.1 Å². The van der Waals surface area contributed by atoms with Crippen LogP contribution in [0.3, 0.4) is 0 Å². The first-order chi connectivity index (χ1) is 15.7. The molecule has 1 amide bonds. The van der Waals surface area contributed by atoms with Crippen LogP contribution in [0.25, 0.3) is 0 Å². The quantitative estimate of drug-likeness (QED) is 0.737. The largest absolute Gasteiger partial charge is 0.490 e. The first-order valence-corrected chi connectivity index (χ1v) is 10.3. The van der Waals surface area contributed by atoms with E-state index in [2.05, 4.69) is 9.97 Å². The number of likely N-dealkylation sites (tertiary alicyclic amines) is 1. The predicted octanol–water partition coefficient (Wildman–Crippen LogP) is 3.09. The van der Waals surface area contributed by atoms with Gasteiger partial charge in [-0.15, -0.1) is 0 Å². The predicted molar refractivity (Wildman–Crippen MR) is 109 cm³/mol. The Morgan fingerprint density at radius 3 is 2.48 bits per heavy atom. The lowest BCUT2D eigenvalue weighted by molar-refractivity contribution is -0.192. The lowest BCUT2D eigenvalue weighted by Gasteiger charge is -2.38. The Morgan fingerprint density at radius 2 is 1.91 bits per heavy atom. The number of aromatic nitrogens is 2. The van der Waals surface area contributed by atoms with Crippen molar-refractivity contribution in [3.63, 3.8) is 0 Å². The normalized spacial score (nSPS) is 19.6. The van der Waals surface area contributed by atoms with Gasteiger partial charge < -0.3 is 19.5 Å². The molecule has 2 aromatic heterocycles. The van der Waals surface area contributed by atoms with Crippen molar-refractivity contribution in [2.45, 2.75) is 43.8 Å². The topological polar surface area (TPSA) is 102 Å². The van der Waals surface area contributed by atoms with E-state index in [-0.39, 0.29) is 17.6 Å². The molecule has 178 valence electrons. The number of piperidine rings is 1. The second-order valence-electron chi connectivity index (χ2n) is 7.80. The Labute approximate surface area is 188 Å². The van der Waals surface area contributed by atoms with E-state index in [0.29, 0.717) is 32.0 Å². The number of carbonyl (C=O) groups is 2. The first kappa shape index (κ1) is 24.6. The molecule has 1 atom stereocenters. The molecule has 0 saturated carbocycles. The fraction of sp³-hybridized carbons (Fsp3) is 0.455. The molecule has 0 radical (unpaired) electrons. The minimum atomic E-state index is -5.08. The van der Waals surface area contributed by atoms with Gasteiger partial charge in [-0.2, -0.15) is 13.2 Å². The zero-order valence-corrected chi connectivity index (χ0v) is 17.7. The van der Waals surface area contributed by atoms with Gasteiger partial charge in [0, 0.05) is 38.1 Å². The summed E-state index contributed by atoms with van der Waals surface area (Å²) in [5.74, 6) is -2.75. The maximum absolute atomic E-state index is 12.5. The molecule has 0 aliphatic carbocycles. The van der Waals surface area contributed by atoms with E-state index in [9.17, 15) is 18.0 Å². The van der Waals surface area contributed by atoms with Crippen LogP contribution < -0.4 is 0 Å². The smallest absolute Gasteiger partial charge is 0.475 e. The molecule has 2 aliphatic rings. The van der Waals surface area contributed by atoms with E-state index < -0.39 is 12.1 Å². The van der Waals surface area contributed by atoms with Gasteiger partial charge in [0.1, 0.15) is 5.69 Å². The average Bonchev–Trinajstić information content (AvgIpc) is 3.21. The SMILES string of the molecule is O=C(O)C(F)(F)F.O=C(c1ccccn1)N1CCC2(CC1)CC(OCc1cccnc1)CO2. The molecular formula is C22H24F3N3O5. The van der Waals surface area contributed by atoms with Gasteiger partial charge >= 0.3 is 12.1 Å². The number of aliphatic carboxylic acids is 1. The Morgan fingerprint density at radius 1 is 1.18 bits per heavy atom. The molecule has 1 unspecified atom stereocenters. The molecule has 2 aromatic rings. The van der Waals surface area contributed by atoms with Gasteiger partial charge in [-0.05, 0) is 36.6 Å². The fourth-order valence-electron chi connectivity index (χ4n) is 3.72. The van der Waals surface area contributed by atoms with Crippen LogP contribution in [-0.4, -0.2) is 69.4 Å². The number of amides is 1. The molecule has 33 heavy (non-hydrogen) atoms. The van der Waals surface area contributed by atoms with Gasteiger partial charge in [0.05, 0.1) is 24.9 Å². The average molecular weight is 467 g/mol. The summed E-state index contributed by atoms with van der Waals surface area (Å²) in [5, 5.41) is 7.12. The lowest BCUT2D eigenvalue weighted by atomic mass is 9.88. The Bertz CT molecular complexity index is 920. The molecule has 0 aromatic carbocycles. The van der Waals surface area contributed by atoms with Gasteiger partial charge in [0.15, 0.2) is 0 Å². The number of carboxylic acid groups (broad SMARTS) is 1. The van der Waals surface area contributed by atoms with E-state index in [1.54, 1.807) is 18.5 Å². The molecule has 11 heteroatoms. The summed E-state index contributed by atoms with van der Waals surface area (Å²) in [6.45, 7) is 2.58. The van der Waals surface area contributed by atoms with Crippen molar-refractivity contribution in [1.29, 1.82) is 0 Å². The summed E-state index contributed by atoms with van der Waals surface area (Å²) in [6, 6.07) is 9.36. The van der Waals surface area contributed by atoms with Crippen molar-refractivity contribution >= 4 is 11.9 Å². The highest BCUT2D eigenvalue weighted by atomic mass is 19.4. The number of halogens is 3. The van der Waals surface area contributed by atoms with Gasteiger partial charge in [0.25, 0.3) is 5.91 Å². The zero-order valence-electron chi connectivity index (χ0n) is 17.7. The van der Waals surface area contributed by atoms with Crippen LogP contribution in [0.1, 0.15) is 35.3 Å². The van der Waals surface area contributed by atoms with E-state index in [0.717, 1.165) is 24.8 Å². The van der Waals surface area contributed by atoms with Gasteiger partial charge in [-0.25, -0.2) is 4.79 Å².